The molecule has 11 aromatic rings. The number of thiophene rings is 1. The van der Waals surface area contributed by atoms with E-state index in [1.807, 2.05) is 65.9 Å². The van der Waals surface area contributed by atoms with Crippen molar-refractivity contribution < 1.29 is 13.3 Å². The molecule has 0 fully saturated rings. The van der Waals surface area contributed by atoms with Crippen LogP contribution in [0.1, 0.15) is 0 Å². The van der Waals surface area contributed by atoms with E-state index < -0.39 is 0 Å². The third kappa shape index (κ3) is 4.01. The van der Waals surface area contributed by atoms with Crippen molar-refractivity contribution in [2.75, 3.05) is 4.90 Å². The lowest BCUT2D eigenvalue weighted by Crippen LogP contribution is -2.10. The maximum atomic E-state index is 6.76. The molecule has 0 spiro atoms. The number of hydrogen-bond acceptors (Lipinski definition) is 6. The van der Waals surface area contributed by atoms with Crippen LogP contribution in [0.5, 0.6) is 0 Å². The van der Waals surface area contributed by atoms with Gasteiger partial charge < -0.3 is 18.2 Å². The predicted octanol–water partition coefficient (Wildman–Crippen LogP) is 13.1. The first kappa shape index (κ1) is 26.7. The molecule has 0 unspecified atom stereocenters. The molecule has 49 heavy (non-hydrogen) atoms. The summed E-state index contributed by atoms with van der Waals surface area (Å²) in [4.78, 5) is 7.08. The first-order valence-corrected chi connectivity index (χ1v) is 17.0. The van der Waals surface area contributed by atoms with E-state index in [1.54, 1.807) is 0 Å². The van der Waals surface area contributed by atoms with Gasteiger partial charge in [0.15, 0.2) is 11.2 Å². The molecule has 0 saturated heterocycles. The molecule has 230 valence electrons. The van der Waals surface area contributed by atoms with E-state index in [0.29, 0.717) is 5.89 Å². The minimum atomic E-state index is 0.594. The normalized spacial score (nSPS) is 12.1. The van der Waals surface area contributed by atoms with Gasteiger partial charge in [-0.25, -0.2) is 4.98 Å². The van der Waals surface area contributed by atoms with E-state index in [9.17, 15) is 0 Å². The molecule has 0 aliphatic heterocycles. The number of rotatable bonds is 4. The van der Waals surface area contributed by atoms with Crippen LogP contribution in [0.15, 0.2) is 159 Å². The Hall–Kier alpha value is -6.37. The van der Waals surface area contributed by atoms with Gasteiger partial charge in [-0.3, -0.25) is 0 Å². The summed E-state index contributed by atoms with van der Waals surface area (Å²) >= 11 is 1.82. The topological polar surface area (TPSA) is 55.6 Å². The Morgan fingerprint density at radius 1 is 0.449 bits per heavy atom. The number of hydrogen-bond donors (Lipinski definition) is 0. The minimum Gasteiger partial charge on any atom is -0.456 e. The monoisotopic (exact) mass is 648 g/mol. The number of oxazole rings is 1. The van der Waals surface area contributed by atoms with E-state index >= 15 is 0 Å². The number of fused-ring (bicyclic) bond motifs is 10. The van der Waals surface area contributed by atoms with Crippen LogP contribution < -0.4 is 4.90 Å². The van der Waals surface area contributed by atoms with Crippen LogP contribution in [0.4, 0.5) is 17.1 Å². The summed E-state index contributed by atoms with van der Waals surface area (Å²) in [5, 5.41) is 6.66. The summed E-state index contributed by atoms with van der Waals surface area (Å²) in [5.41, 5.74) is 8.61. The fourth-order valence-electron chi connectivity index (χ4n) is 7.22. The maximum Gasteiger partial charge on any atom is 0.227 e. The van der Waals surface area contributed by atoms with Crippen molar-refractivity contribution in [2.24, 2.45) is 0 Å². The number of anilines is 3. The Labute approximate surface area is 282 Å². The van der Waals surface area contributed by atoms with Crippen LogP contribution in [-0.4, -0.2) is 4.98 Å². The summed E-state index contributed by atoms with van der Waals surface area (Å²) in [6.45, 7) is 0. The number of nitrogens with zero attached hydrogens (tertiary/aromatic N) is 2. The molecule has 4 heterocycles. The largest absolute Gasteiger partial charge is 0.456 e. The SMILES string of the molecule is c1ccc(-c2nc3cc4oc5c(N(c6ccc7c(c6)oc6ccccc67)c6ccc7sc8ccccc8c7c6)cccc5c4cc3o2)cc1. The molecule has 0 atom stereocenters. The highest BCUT2D eigenvalue weighted by Crippen LogP contribution is 2.46. The van der Waals surface area contributed by atoms with Gasteiger partial charge in [0.2, 0.25) is 5.89 Å². The van der Waals surface area contributed by atoms with Crippen LogP contribution in [-0.2, 0) is 0 Å². The first-order chi connectivity index (χ1) is 24.2. The highest BCUT2D eigenvalue weighted by Gasteiger charge is 2.22. The lowest BCUT2D eigenvalue weighted by atomic mass is 10.1. The van der Waals surface area contributed by atoms with Gasteiger partial charge in [-0.2, -0.15) is 0 Å². The second-order valence-corrected chi connectivity index (χ2v) is 13.4. The van der Waals surface area contributed by atoms with Crippen LogP contribution >= 0.6 is 11.3 Å². The van der Waals surface area contributed by atoms with Crippen LogP contribution in [0.3, 0.4) is 0 Å². The fourth-order valence-corrected chi connectivity index (χ4v) is 8.30. The summed E-state index contributed by atoms with van der Waals surface area (Å²) in [7, 11) is 0. The smallest absolute Gasteiger partial charge is 0.227 e. The van der Waals surface area contributed by atoms with E-state index in [2.05, 4.69) is 95.9 Å². The Balaban J connectivity index is 1.15. The zero-order valence-electron chi connectivity index (χ0n) is 25.9. The highest BCUT2D eigenvalue weighted by molar-refractivity contribution is 7.25. The van der Waals surface area contributed by atoms with E-state index in [-0.39, 0.29) is 0 Å². The van der Waals surface area contributed by atoms with E-state index in [0.717, 1.165) is 77.6 Å². The molecule has 11 rings (SSSR count). The van der Waals surface area contributed by atoms with Crippen molar-refractivity contribution in [1.29, 1.82) is 0 Å². The van der Waals surface area contributed by atoms with Gasteiger partial charge in [0, 0.05) is 65.1 Å². The molecule has 6 heteroatoms. The van der Waals surface area contributed by atoms with Crippen molar-refractivity contribution in [1.82, 2.24) is 4.98 Å². The maximum absolute atomic E-state index is 6.76. The second-order valence-electron chi connectivity index (χ2n) is 12.3. The lowest BCUT2D eigenvalue weighted by molar-refractivity contribution is 0.620. The molecule has 0 bridgehead atoms. The zero-order valence-corrected chi connectivity index (χ0v) is 26.7. The van der Waals surface area contributed by atoms with E-state index in [1.165, 1.54) is 20.2 Å². The van der Waals surface area contributed by atoms with Gasteiger partial charge in [0.25, 0.3) is 0 Å². The number of benzene rings is 7. The number of furan rings is 2. The summed E-state index contributed by atoms with van der Waals surface area (Å²) in [6, 6.07) is 50.3. The van der Waals surface area contributed by atoms with Gasteiger partial charge in [0.1, 0.15) is 22.3 Å². The van der Waals surface area contributed by atoms with Crippen molar-refractivity contribution in [2.45, 2.75) is 0 Å². The summed E-state index contributed by atoms with van der Waals surface area (Å²) in [6.07, 6.45) is 0. The van der Waals surface area contributed by atoms with Crippen molar-refractivity contribution >= 4 is 104 Å². The number of aromatic nitrogens is 1. The van der Waals surface area contributed by atoms with Crippen molar-refractivity contribution in [3.05, 3.63) is 146 Å². The van der Waals surface area contributed by atoms with Gasteiger partial charge in [0.05, 0.1) is 11.4 Å². The number of para-hydroxylation sites is 2. The molecular formula is C43H24N2O3S. The average Bonchev–Trinajstić information content (AvgIpc) is 3.92. The standard InChI is InChI=1S/C43H24N2O3S/c1-2-9-25(10-3-1)43-44-34-24-38-32(23-39(34)48-43)31-13-8-14-35(42(31)47-38)45(26-18-20-41-33(21-26)30-12-5-7-16-40(30)49-41)27-17-19-29-28-11-4-6-15-36(28)46-37(29)22-27/h1-24H. The Kier molecular flexibility index (Phi) is 5.48. The predicted molar refractivity (Wildman–Crippen MR) is 202 cm³/mol. The Morgan fingerprint density at radius 2 is 1.18 bits per heavy atom. The highest BCUT2D eigenvalue weighted by atomic mass is 32.1. The third-order valence-corrected chi connectivity index (χ3v) is 10.6. The molecule has 0 aliphatic rings. The average molecular weight is 649 g/mol. The summed E-state index contributed by atoms with van der Waals surface area (Å²) < 4.78 is 21.9. The molecule has 4 aromatic heterocycles. The molecule has 0 N–H and O–H groups in total. The molecule has 0 amide bonds. The second kappa shape index (κ2) is 10.1. The van der Waals surface area contributed by atoms with Gasteiger partial charge >= 0.3 is 0 Å². The van der Waals surface area contributed by atoms with E-state index in [4.69, 9.17) is 18.2 Å². The van der Waals surface area contributed by atoms with Gasteiger partial charge in [-0.15, -0.1) is 11.3 Å². The quantitative estimate of drug-likeness (QED) is 0.190. The molecule has 0 radical (unpaired) electrons. The zero-order chi connectivity index (χ0) is 32.1. The molecule has 0 saturated carbocycles. The molecule has 5 nitrogen and oxygen atoms in total. The van der Waals surface area contributed by atoms with Crippen molar-refractivity contribution in [3.63, 3.8) is 0 Å². The van der Waals surface area contributed by atoms with Gasteiger partial charge in [-0.1, -0.05) is 66.7 Å². The fraction of sp³-hybridized carbons (Fsp3) is 0. The van der Waals surface area contributed by atoms with Crippen LogP contribution in [0.2, 0.25) is 0 Å². The first-order valence-electron chi connectivity index (χ1n) is 16.2. The third-order valence-electron chi connectivity index (χ3n) is 9.49. The molecule has 7 aromatic carbocycles. The lowest BCUT2D eigenvalue weighted by Gasteiger charge is -2.25. The Bertz CT molecular complexity index is 3070. The van der Waals surface area contributed by atoms with Gasteiger partial charge in [-0.05, 0) is 66.7 Å². The van der Waals surface area contributed by atoms with Crippen LogP contribution in [0.25, 0.3) is 86.6 Å². The minimum absolute atomic E-state index is 0.594. The molecule has 0 aliphatic carbocycles. The Morgan fingerprint density at radius 3 is 2.12 bits per heavy atom. The molecular weight excluding hydrogens is 625 g/mol. The summed E-state index contributed by atoms with van der Waals surface area (Å²) in [5.74, 6) is 0.594. The van der Waals surface area contributed by atoms with Crippen molar-refractivity contribution in [3.8, 4) is 11.5 Å². The van der Waals surface area contributed by atoms with Crippen LogP contribution in [0, 0.1) is 0 Å².